The third-order valence-electron chi connectivity index (χ3n) is 6.01. The Bertz CT molecular complexity index is 944. The number of hydrogen-bond donors (Lipinski definition) is 1. The molecule has 1 atom stereocenters. The second kappa shape index (κ2) is 10.4. The summed E-state index contributed by atoms with van der Waals surface area (Å²) in [6.07, 6.45) is 1.80. The van der Waals surface area contributed by atoms with E-state index in [-0.39, 0.29) is 18.2 Å². The van der Waals surface area contributed by atoms with Gasteiger partial charge < -0.3 is 24.4 Å². The smallest absolute Gasteiger partial charge is 0.227 e. The topological polar surface area (TPSA) is 77.1 Å². The molecule has 1 heterocycles. The highest BCUT2D eigenvalue weighted by atomic mass is 16.5. The number of nitrogens with zero attached hydrogens (tertiary/aromatic N) is 1. The molecule has 2 amide bonds. The van der Waals surface area contributed by atoms with Crippen LogP contribution in [0.3, 0.4) is 0 Å². The summed E-state index contributed by atoms with van der Waals surface area (Å²) in [4.78, 5) is 27.8. The predicted octanol–water partition coefficient (Wildman–Crippen LogP) is 3.20. The van der Waals surface area contributed by atoms with E-state index in [2.05, 4.69) is 5.32 Å². The molecule has 2 aromatic carbocycles. The Labute approximate surface area is 189 Å². The molecule has 7 nitrogen and oxygen atoms in total. The highest BCUT2D eigenvalue weighted by Crippen LogP contribution is 2.31. The number of rotatable bonds is 8. The monoisotopic (exact) mass is 440 g/mol. The van der Waals surface area contributed by atoms with E-state index in [1.807, 2.05) is 43.3 Å². The highest BCUT2D eigenvalue weighted by molar-refractivity contribution is 5.85. The number of ether oxygens (including phenoxy) is 3. The summed E-state index contributed by atoms with van der Waals surface area (Å²) in [7, 11) is 4.78. The number of carbonyl (C=O) groups excluding carboxylic acids is 2. The lowest BCUT2D eigenvalue weighted by Crippen LogP contribution is -2.52. The summed E-state index contributed by atoms with van der Waals surface area (Å²) in [5.41, 5.74) is 1.24. The van der Waals surface area contributed by atoms with Gasteiger partial charge in [-0.05, 0) is 55.2 Å². The number of methoxy groups -OCH3 is 3. The molecule has 0 radical (unpaired) electrons. The largest absolute Gasteiger partial charge is 0.497 e. The van der Waals surface area contributed by atoms with E-state index in [1.165, 1.54) is 0 Å². The number of amides is 2. The Morgan fingerprint density at radius 3 is 2.31 bits per heavy atom. The molecule has 1 aliphatic rings. The maximum Gasteiger partial charge on any atom is 0.227 e. The van der Waals surface area contributed by atoms with Gasteiger partial charge >= 0.3 is 0 Å². The van der Waals surface area contributed by atoms with E-state index < -0.39 is 5.41 Å². The third kappa shape index (κ3) is 5.52. The SMILES string of the molecule is COc1ccc(CNC(=O)C2(C)CCCN(C(=O)Cc3ccc(OC)c(OC)c3)C2)cc1. The second-order valence-corrected chi connectivity index (χ2v) is 8.38. The summed E-state index contributed by atoms with van der Waals surface area (Å²) in [6, 6.07) is 13.1. The summed E-state index contributed by atoms with van der Waals surface area (Å²) in [5.74, 6) is 1.98. The molecule has 3 rings (SSSR count). The summed E-state index contributed by atoms with van der Waals surface area (Å²) in [5, 5.41) is 3.04. The molecule has 2 aromatic rings. The average Bonchev–Trinajstić information content (AvgIpc) is 2.82. The molecule has 7 heteroatoms. The van der Waals surface area contributed by atoms with E-state index in [0.717, 1.165) is 29.7 Å². The van der Waals surface area contributed by atoms with Crippen molar-refractivity contribution in [2.75, 3.05) is 34.4 Å². The van der Waals surface area contributed by atoms with Crippen LogP contribution in [0.2, 0.25) is 0 Å². The van der Waals surface area contributed by atoms with Gasteiger partial charge in [0.25, 0.3) is 0 Å². The maximum absolute atomic E-state index is 13.0. The first-order chi connectivity index (χ1) is 15.4. The van der Waals surface area contributed by atoms with Crippen LogP contribution in [-0.4, -0.2) is 51.1 Å². The van der Waals surface area contributed by atoms with Crippen LogP contribution < -0.4 is 19.5 Å². The average molecular weight is 441 g/mol. The first-order valence-electron chi connectivity index (χ1n) is 10.8. The first kappa shape index (κ1) is 23.4. The van der Waals surface area contributed by atoms with Crippen molar-refractivity contribution in [3.63, 3.8) is 0 Å². The maximum atomic E-state index is 13.0. The quantitative estimate of drug-likeness (QED) is 0.682. The van der Waals surface area contributed by atoms with Gasteiger partial charge in [-0.25, -0.2) is 0 Å². The molecule has 1 unspecified atom stereocenters. The molecule has 0 aliphatic carbocycles. The van der Waals surface area contributed by atoms with Crippen molar-refractivity contribution in [3.05, 3.63) is 53.6 Å². The molecular formula is C25H32N2O5. The molecule has 0 spiro atoms. The van der Waals surface area contributed by atoms with E-state index >= 15 is 0 Å². The van der Waals surface area contributed by atoms with Crippen molar-refractivity contribution in [2.24, 2.45) is 5.41 Å². The molecular weight excluding hydrogens is 408 g/mol. The Balaban J connectivity index is 1.60. The summed E-state index contributed by atoms with van der Waals surface area (Å²) >= 11 is 0. The number of likely N-dealkylation sites (tertiary alicyclic amines) is 1. The van der Waals surface area contributed by atoms with Crippen molar-refractivity contribution in [2.45, 2.75) is 32.7 Å². The van der Waals surface area contributed by atoms with Gasteiger partial charge in [0.15, 0.2) is 11.5 Å². The molecule has 32 heavy (non-hydrogen) atoms. The van der Waals surface area contributed by atoms with Gasteiger partial charge in [0.2, 0.25) is 11.8 Å². The van der Waals surface area contributed by atoms with Crippen LogP contribution in [0.5, 0.6) is 17.2 Å². The van der Waals surface area contributed by atoms with Crippen molar-refractivity contribution >= 4 is 11.8 Å². The Kier molecular flexibility index (Phi) is 7.62. The summed E-state index contributed by atoms with van der Waals surface area (Å²) < 4.78 is 15.8. The summed E-state index contributed by atoms with van der Waals surface area (Å²) in [6.45, 7) is 3.45. The number of nitrogens with one attached hydrogen (secondary N) is 1. The van der Waals surface area contributed by atoms with Crippen LogP contribution >= 0.6 is 0 Å². The number of carbonyl (C=O) groups is 2. The van der Waals surface area contributed by atoms with Crippen molar-refractivity contribution in [1.29, 1.82) is 0 Å². The van der Waals surface area contributed by atoms with Crippen LogP contribution in [0.15, 0.2) is 42.5 Å². The van der Waals surface area contributed by atoms with Crippen LogP contribution in [0.1, 0.15) is 30.9 Å². The number of hydrogen-bond acceptors (Lipinski definition) is 5. The van der Waals surface area contributed by atoms with Gasteiger partial charge in [0.1, 0.15) is 5.75 Å². The van der Waals surface area contributed by atoms with E-state index in [4.69, 9.17) is 14.2 Å². The number of piperidine rings is 1. The second-order valence-electron chi connectivity index (χ2n) is 8.38. The van der Waals surface area contributed by atoms with Gasteiger partial charge in [0, 0.05) is 19.6 Å². The van der Waals surface area contributed by atoms with Gasteiger partial charge in [0.05, 0.1) is 33.2 Å². The van der Waals surface area contributed by atoms with Crippen LogP contribution in [-0.2, 0) is 22.6 Å². The number of benzene rings is 2. The highest BCUT2D eigenvalue weighted by Gasteiger charge is 2.39. The zero-order valence-electron chi connectivity index (χ0n) is 19.3. The third-order valence-corrected chi connectivity index (χ3v) is 6.01. The van der Waals surface area contributed by atoms with Crippen molar-refractivity contribution in [1.82, 2.24) is 10.2 Å². The molecule has 1 fully saturated rings. The molecule has 0 aromatic heterocycles. The van der Waals surface area contributed by atoms with Gasteiger partial charge in [-0.2, -0.15) is 0 Å². The molecule has 1 aliphatic heterocycles. The van der Waals surface area contributed by atoms with Crippen LogP contribution in [0, 0.1) is 5.41 Å². The fourth-order valence-corrected chi connectivity index (χ4v) is 4.05. The fourth-order valence-electron chi connectivity index (χ4n) is 4.05. The first-order valence-corrected chi connectivity index (χ1v) is 10.8. The lowest BCUT2D eigenvalue weighted by atomic mass is 9.80. The Morgan fingerprint density at radius 1 is 0.969 bits per heavy atom. The van der Waals surface area contributed by atoms with Gasteiger partial charge in [-0.1, -0.05) is 18.2 Å². The minimum absolute atomic E-state index is 0.00565. The van der Waals surface area contributed by atoms with Gasteiger partial charge in [-0.3, -0.25) is 9.59 Å². The molecule has 172 valence electrons. The minimum Gasteiger partial charge on any atom is -0.497 e. The zero-order valence-corrected chi connectivity index (χ0v) is 19.3. The van der Waals surface area contributed by atoms with Crippen LogP contribution in [0.4, 0.5) is 0 Å². The normalized spacial score (nSPS) is 18.1. The predicted molar refractivity (Wildman–Crippen MR) is 122 cm³/mol. The fraction of sp³-hybridized carbons (Fsp3) is 0.440. The van der Waals surface area contributed by atoms with E-state index in [1.54, 1.807) is 32.3 Å². The Hall–Kier alpha value is -3.22. The minimum atomic E-state index is -0.613. The zero-order chi connectivity index (χ0) is 23.1. The Morgan fingerprint density at radius 2 is 1.66 bits per heavy atom. The molecule has 1 saturated heterocycles. The molecule has 0 saturated carbocycles. The van der Waals surface area contributed by atoms with E-state index in [0.29, 0.717) is 31.1 Å². The van der Waals surface area contributed by atoms with Crippen molar-refractivity contribution in [3.8, 4) is 17.2 Å². The molecule has 1 N–H and O–H groups in total. The van der Waals surface area contributed by atoms with E-state index in [9.17, 15) is 9.59 Å². The van der Waals surface area contributed by atoms with Crippen molar-refractivity contribution < 1.29 is 23.8 Å². The standard InChI is InChI=1S/C25H32N2O5/c1-25(24(29)26-16-18-6-9-20(30-2)10-7-18)12-5-13-27(17-25)23(28)15-19-8-11-21(31-3)22(14-19)32-4/h6-11,14H,5,12-13,15-17H2,1-4H3,(H,26,29). The van der Waals surface area contributed by atoms with Crippen LogP contribution in [0.25, 0.3) is 0 Å². The van der Waals surface area contributed by atoms with Gasteiger partial charge in [-0.15, -0.1) is 0 Å². The lowest BCUT2D eigenvalue weighted by molar-refractivity contribution is -0.140. The lowest BCUT2D eigenvalue weighted by Gasteiger charge is -2.39. The molecule has 0 bridgehead atoms.